The van der Waals surface area contributed by atoms with Crippen molar-refractivity contribution in [3.63, 3.8) is 0 Å². The summed E-state index contributed by atoms with van der Waals surface area (Å²) in [6, 6.07) is 12.5. The zero-order valence-corrected chi connectivity index (χ0v) is 19.0. The molecule has 2 unspecified atom stereocenters. The van der Waals surface area contributed by atoms with E-state index < -0.39 is 16.9 Å². The first kappa shape index (κ1) is 24.0. The number of piperidine rings is 1. The molecule has 1 fully saturated rings. The summed E-state index contributed by atoms with van der Waals surface area (Å²) in [6.07, 6.45) is -0.279. The average Bonchev–Trinajstić information content (AvgIpc) is 2.78. The van der Waals surface area contributed by atoms with E-state index in [2.05, 4.69) is 20.4 Å². The van der Waals surface area contributed by atoms with Crippen molar-refractivity contribution in [2.45, 2.75) is 42.1 Å². The van der Waals surface area contributed by atoms with E-state index in [1.807, 2.05) is 24.3 Å². The van der Waals surface area contributed by atoms with E-state index in [4.69, 9.17) is 0 Å². The fourth-order valence-electron chi connectivity index (χ4n) is 3.80. The van der Waals surface area contributed by atoms with Crippen LogP contribution in [0.4, 0.5) is 5.69 Å². The second kappa shape index (κ2) is 10.3. The summed E-state index contributed by atoms with van der Waals surface area (Å²) in [5, 5.41) is 31.2. The predicted octanol–water partition coefficient (Wildman–Crippen LogP) is 4.08. The van der Waals surface area contributed by atoms with E-state index in [0.717, 1.165) is 10.5 Å². The topological polar surface area (TPSA) is 104 Å². The third-order valence-electron chi connectivity index (χ3n) is 5.74. The minimum Gasteiger partial charge on any atom is -0.396 e. The van der Waals surface area contributed by atoms with E-state index in [-0.39, 0.29) is 36.2 Å². The summed E-state index contributed by atoms with van der Waals surface area (Å²) in [4.78, 5) is 27.3. The van der Waals surface area contributed by atoms with Crippen molar-refractivity contribution >= 4 is 28.9 Å². The van der Waals surface area contributed by atoms with Crippen molar-refractivity contribution in [2.24, 2.45) is 5.92 Å². The van der Waals surface area contributed by atoms with E-state index in [9.17, 15) is 25.1 Å². The predicted molar refractivity (Wildman–Crippen MR) is 125 cm³/mol. The van der Waals surface area contributed by atoms with Gasteiger partial charge in [-0.15, -0.1) is 0 Å². The van der Waals surface area contributed by atoms with Gasteiger partial charge >= 0.3 is 0 Å². The van der Waals surface area contributed by atoms with Gasteiger partial charge in [0.2, 0.25) is 0 Å². The second-order valence-corrected chi connectivity index (χ2v) is 9.35. The lowest BCUT2D eigenvalue weighted by Crippen LogP contribution is -2.47. The molecule has 0 aliphatic carbocycles. The van der Waals surface area contributed by atoms with Crippen LogP contribution in [0, 0.1) is 16.0 Å². The number of aliphatic hydroxyl groups excluding tert-OH is 2. The fourth-order valence-corrected chi connectivity index (χ4v) is 4.98. The Morgan fingerprint density at radius 3 is 2.66 bits per heavy atom. The molecule has 2 atom stereocenters. The number of aliphatic hydroxyl groups is 2. The number of carbonyl (C=O) groups excluding carboxylic acids is 1. The van der Waals surface area contributed by atoms with E-state index in [1.165, 1.54) is 22.7 Å². The molecule has 1 amide bonds. The lowest BCUT2D eigenvalue weighted by molar-refractivity contribution is -0.387. The molecule has 8 heteroatoms. The van der Waals surface area contributed by atoms with Gasteiger partial charge in [0.15, 0.2) is 0 Å². The molecule has 0 saturated carbocycles. The monoisotopic (exact) mass is 456 g/mol. The Kier molecular flexibility index (Phi) is 7.71. The summed E-state index contributed by atoms with van der Waals surface area (Å²) in [7, 11) is 0. The van der Waals surface area contributed by atoms with Gasteiger partial charge in [0.1, 0.15) is 0 Å². The highest BCUT2D eigenvalue weighted by Gasteiger charge is 2.31. The van der Waals surface area contributed by atoms with Crippen LogP contribution in [-0.4, -0.2) is 51.7 Å². The molecular weight excluding hydrogens is 428 g/mol. The molecule has 1 saturated heterocycles. The highest BCUT2D eigenvalue weighted by atomic mass is 32.2. The summed E-state index contributed by atoms with van der Waals surface area (Å²) < 4.78 is 0. The minimum atomic E-state index is -0.650. The van der Waals surface area contributed by atoms with Gasteiger partial charge in [-0.3, -0.25) is 14.9 Å². The van der Waals surface area contributed by atoms with Crippen LogP contribution in [0.15, 0.2) is 58.8 Å². The molecule has 7 nitrogen and oxygen atoms in total. The largest absolute Gasteiger partial charge is 0.396 e. The van der Waals surface area contributed by atoms with Crippen molar-refractivity contribution in [2.75, 3.05) is 19.7 Å². The lowest BCUT2D eigenvalue weighted by atomic mass is 9.94. The maximum absolute atomic E-state index is 12.9. The van der Waals surface area contributed by atoms with Crippen LogP contribution in [0.25, 0.3) is 5.57 Å². The molecule has 2 aromatic rings. The maximum Gasteiger partial charge on any atom is 0.283 e. The van der Waals surface area contributed by atoms with Crippen LogP contribution in [-0.2, 0) is 4.79 Å². The van der Waals surface area contributed by atoms with Crippen LogP contribution < -0.4 is 0 Å². The Balaban J connectivity index is 1.85. The van der Waals surface area contributed by atoms with Crippen LogP contribution in [0.3, 0.4) is 0 Å². The van der Waals surface area contributed by atoms with Crippen molar-refractivity contribution in [3.05, 3.63) is 70.3 Å². The van der Waals surface area contributed by atoms with Crippen LogP contribution in [0.5, 0.6) is 0 Å². The first-order chi connectivity index (χ1) is 15.2. The number of nitro benzene ring substituents is 1. The Labute approximate surface area is 191 Å². The van der Waals surface area contributed by atoms with E-state index >= 15 is 0 Å². The molecule has 0 radical (unpaired) electrons. The first-order valence-electron chi connectivity index (χ1n) is 10.6. The standard InChI is InChI=1S/C24H28N2O5S/c1-15(2)19-6-4-5-7-22(19)32-23-9-8-17(12-20(23)26(30)31)16(3)24(29)25-11-10-21(28)18(13-25)14-27/h4-9,12,15,18,21,27-28H,3,10-11,13-14H2,1-2H3. The Hall–Kier alpha value is -2.68. The summed E-state index contributed by atoms with van der Waals surface area (Å²) >= 11 is 1.34. The quantitative estimate of drug-likeness (QED) is 0.370. The van der Waals surface area contributed by atoms with Gasteiger partial charge in [0, 0.05) is 35.5 Å². The molecule has 1 aliphatic heterocycles. The van der Waals surface area contributed by atoms with Gasteiger partial charge in [0.25, 0.3) is 11.6 Å². The third-order valence-corrected chi connectivity index (χ3v) is 6.90. The number of rotatable bonds is 7. The minimum absolute atomic E-state index is 0.0812. The molecule has 0 spiro atoms. The summed E-state index contributed by atoms with van der Waals surface area (Å²) in [5.41, 5.74) is 1.57. The number of amides is 1. The van der Waals surface area contributed by atoms with Crippen LogP contribution in [0.1, 0.15) is 37.3 Å². The summed E-state index contributed by atoms with van der Waals surface area (Å²) in [6.45, 7) is 8.38. The van der Waals surface area contributed by atoms with Gasteiger partial charge in [-0.05, 0) is 35.6 Å². The molecule has 1 aliphatic rings. The SMILES string of the molecule is C=C(C(=O)N1CCC(O)C(CO)C1)c1ccc(Sc2ccccc2C(C)C)c([N+](=O)[O-])c1. The molecule has 0 bridgehead atoms. The van der Waals surface area contributed by atoms with Gasteiger partial charge in [-0.2, -0.15) is 0 Å². The lowest BCUT2D eigenvalue weighted by Gasteiger charge is -2.35. The number of nitrogens with zero attached hydrogens (tertiary/aromatic N) is 2. The van der Waals surface area contributed by atoms with Gasteiger partial charge < -0.3 is 15.1 Å². The molecular formula is C24H28N2O5S. The number of hydrogen-bond acceptors (Lipinski definition) is 6. The third kappa shape index (κ3) is 5.20. The normalized spacial score (nSPS) is 18.6. The zero-order chi connectivity index (χ0) is 23.4. The first-order valence-corrected chi connectivity index (χ1v) is 11.4. The van der Waals surface area contributed by atoms with Crippen LogP contribution >= 0.6 is 11.8 Å². The molecule has 0 aromatic heterocycles. The second-order valence-electron chi connectivity index (χ2n) is 8.26. The molecule has 1 heterocycles. The summed E-state index contributed by atoms with van der Waals surface area (Å²) in [5.74, 6) is -0.481. The highest BCUT2D eigenvalue weighted by molar-refractivity contribution is 7.99. The van der Waals surface area contributed by atoms with Gasteiger partial charge in [0.05, 0.1) is 22.5 Å². The zero-order valence-electron chi connectivity index (χ0n) is 18.2. The maximum atomic E-state index is 12.9. The van der Waals surface area contributed by atoms with Crippen LogP contribution in [0.2, 0.25) is 0 Å². The Morgan fingerprint density at radius 2 is 2.00 bits per heavy atom. The number of nitro groups is 1. The fraction of sp³-hybridized carbons (Fsp3) is 0.375. The van der Waals surface area contributed by atoms with Crippen molar-refractivity contribution < 1.29 is 19.9 Å². The molecule has 2 aromatic carbocycles. The molecule has 2 N–H and O–H groups in total. The number of benzene rings is 2. The van der Waals surface area contributed by atoms with Crippen molar-refractivity contribution in [1.29, 1.82) is 0 Å². The molecule has 3 rings (SSSR count). The Bertz CT molecular complexity index is 1020. The molecule has 170 valence electrons. The number of likely N-dealkylation sites (tertiary alicyclic amines) is 1. The van der Waals surface area contributed by atoms with Gasteiger partial charge in [-0.1, -0.05) is 56.5 Å². The van der Waals surface area contributed by atoms with Crippen molar-refractivity contribution in [1.82, 2.24) is 4.90 Å². The number of hydrogen-bond donors (Lipinski definition) is 2. The Morgan fingerprint density at radius 1 is 1.28 bits per heavy atom. The van der Waals surface area contributed by atoms with E-state index in [0.29, 0.717) is 23.4 Å². The average molecular weight is 457 g/mol. The van der Waals surface area contributed by atoms with Gasteiger partial charge in [-0.25, -0.2) is 0 Å². The highest BCUT2D eigenvalue weighted by Crippen LogP contribution is 2.39. The van der Waals surface area contributed by atoms with E-state index in [1.54, 1.807) is 12.1 Å². The van der Waals surface area contributed by atoms with Crippen molar-refractivity contribution in [3.8, 4) is 0 Å². The smallest absolute Gasteiger partial charge is 0.283 e. The molecule has 32 heavy (non-hydrogen) atoms. The number of carbonyl (C=O) groups is 1.